The summed E-state index contributed by atoms with van der Waals surface area (Å²) in [5, 5.41) is 3.59. The maximum Gasteiger partial charge on any atom is 0.0185 e. The van der Waals surface area contributed by atoms with Gasteiger partial charge in [0, 0.05) is 18.1 Å². The fraction of sp³-hybridized carbons (Fsp3) is 0.500. The molecule has 0 spiro atoms. The number of benzene rings is 1. The molecule has 1 nitrogen and oxygen atoms in total. The van der Waals surface area contributed by atoms with E-state index >= 15 is 0 Å². The highest BCUT2D eigenvalue weighted by molar-refractivity contribution is 7.98. The minimum Gasteiger partial charge on any atom is -0.316 e. The fourth-order valence-corrected chi connectivity index (χ4v) is 3.12. The lowest BCUT2D eigenvalue weighted by atomic mass is 9.94. The van der Waals surface area contributed by atoms with E-state index in [9.17, 15) is 0 Å². The molecule has 0 aliphatic heterocycles. The van der Waals surface area contributed by atoms with Gasteiger partial charge in [-0.05, 0) is 37.3 Å². The average molecular weight is 261 g/mol. The molecule has 1 aliphatic carbocycles. The van der Waals surface area contributed by atoms with Crippen LogP contribution in [0.3, 0.4) is 0 Å². The van der Waals surface area contributed by atoms with Gasteiger partial charge < -0.3 is 5.32 Å². The van der Waals surface area contributed by atoms with Crippen LogP contribution in [0.2, 0.25) is 0 Å². The molecule has 0 fully saturated rings. The second-order valence-corrected chi connectivity index (χ2v) is 6.00. The maximum absolute atomic E-state index is 3.59. The summed E-state index contributed by atoms with van der Waals surface area (Å²) in [5.74, 6) is 3.21. The maximum atomic E-state index is 3.59. The lowest BCUT2D eigenvalue weighted by Crippen LogP contribution is -2.25. The van der Waals surface area contributed by atoms with Crippen molar-refractivity contribution >= 4 is 11.8 Å². The average Bonchev–Trinajstić information content (AvgIpc) is 2.45. The first-order valence-electron chi connectivity index (χ1n) is 6.92. The predicted molar refractivity (Wildman–Crippen MR) is 82.0 cm³/mol. The molecule has 1 N–H and O–H groups in total. The van der Waals surface area contributed by atoms with Crippen molar-refractivity contribution in [2.75, 3.05) is 18.8 Å². The Morgan fingerprint density at radius 1 is 1.17 bits per heavy atom. The summed E-state index contributed by atoms with van der Waals surface area (Å²) in [5.41, 5.74) is 1.43. The zero-order valence-corrected chi connectivity index (χ0v) is 11.8. The molecule has 0 amide bonds. The van der Waals surface area contributed by atoms with Crippen molar-refractivity contribution in [2.24, 2.45) is 5.92 Å². The minimum absolute atomic E-state index is 0.870. The van der Waals surface area contributed by atoms with E-state index in [1.807, 2.05) is 11.8 Å². The van der Waals surface area contributed by atoms with Gasteiger partial charge >= 0.3 is 0 Å². The molecule has 1 aliphatic rings. The number of thioether (sulfide) groups is 1. The largest absolute Gasteiger partial charge is 0.316 e. The van der Waals surface area contributed by atoms with Gasteiger partial charge in [0.1, 0.15) is 0 Å². The van der Waals surface area contributed by atoms with Crippen molar-refractivity contribution in [2.45, 2.75) is 25.0 Å². The van der Waals surface area contributed by atoms with Gasteiger partial charge in [-0.1, -0.05) is 42.5 Å². The third-order valence-corrected chi connectivity index (χ3v) is 4.38. The fourth-order valence-electron chi connectivity index (χ4n) is 2.26. The third-order valence-electron chi connectivity index (χ3n) is 3.35. The van der Waals surface area contributed by atoms with Crippen molar-refractivity contribution in [3.63, 3.8) is 0 Å². The molecule has 0 saturated carbocycles. The lowest BCUT2D eigenvalue weighted by molar-refractivity contribution is 0.448. The van der Waals surface area contributed by atoms with Crippen LogP contribution in [0.4, 0.5) is 0 Å². The van der Waals surface area contributed by atoms with Gasteiger partial charge in [0.15, 0.2) is 0 Å². The number of hydrogen-bond donors (Lipinski definition) is 1. The summed E-state index contributed by atoms with van der Waals surface area (Å²) < 4.78 is 0. The molecule has 1 atom stereocenters. The summed E-state index contributed by atoms with van der Waals surface area (Å²) in [6.45, 7) is 2.33. The second-order valence-electron chi connectivity index (χ2n) is 4.89. The minimum atomic E-state index is 0.870. The summed E-state index contributed by atoms with van der Waals surface area (Å²) in [6, 6.07) is 10.7. The molecule has 1 aromatic carbocycles. The Morgan fingerprint density at radius 3 is 2.83 bits per heavy atom. The van der Waals surface area contributed by atoms with Crippen LogP contribution in [0.1, 0.15) is 24.8 Å². The highest BCUT2D eigenvalue weighted by atomic mass is 32.2. The van der Waals surface area contributed by atoms with Crippen molar-refractivity contribution < 1.29 is 0 Å². The van der Waals surface area contributed by atoms with E-state index in [1.54, 1.807) is 0 Å². The molecule has 0 saturated heterocycles. The molecule has 18 heavy (non-hydrogen) atoms. The van der Waals surface area contributed by atoms with Crippen LogP contribution in [-0.4, -0.2) is 18.8 Å². The lowest BCUT2D eigenvalue weighted by Gasteiger charge is -2.17. The highest BCUT2D eigenvalue weighted by Gasteiger charge is 2.08. The first kappa shape index (κ1) is 13.7. The van der Waals surface area contributed by atoms with Gasteiger partial charge in [0.2, 0.25) is 0 Å². The Bertz CT molecular complexity index is 347. The van der Waals surface area contributed by atoms with Gasteiger partial charge in [-0.15, -0.1) is 0 Å². The quantitative estimate of drug-likeness (QED) is 0.591. The normalized spacial score (nSPS) is 19.0. The highest BCUT2D eigenvalue weighted by Crippen LogP contribution is 2.17. The molecule has 1 unspecified atom stereocenters. The van der Waals surface area contributed by atoms with Crippen molar-refractivity contribution in [1.29, 1.82) is 0 Å². The summed E-state index contributed by atoms with van der Waals surface area (Å²) in [6.07, 6.45) is 8.55. The Hall–Kier alpha value is -0.730. The molecule has 1 aromatic rings. The predicted octanol–water partition coefficient (Wildman–Crippen LogP) is 3.87. The smallest absolute Gasteiger partial charge is 0.0185 e. The molecule has 2 heteroatoms. The molecule has 0 aromatic heterocycles. The summed E-state index contributed by atoms with van der Waals surface area (Å²) in [7, 11) is 0. The molecule has 0 bridgehead atoms. The molecule has 0 heterocycles. The van der Waals surface area contributed by atoms with Crippen LogP contribution >= 0.6 is 11.8 Å². The van der Waals surface area contributed by atoms with Crippen LogP contribution in [0.25, 0.3) is 0 Å². The Kier molecular flexibility index (Phi) is 6.38. The Morgan fingerprint density at radius 2 is 2.06 bits per heavy atom. The van der Waals surface area contributed by atoms with Crippen LogP contribution in [0.15, 0.2) is 42.5 Å². The van der Waals surface area contributed by atoms with Crippen molar-refractivity contribution in [3.05, 3.63) is 48.0 Å². The number of rotatable bonds is 7. The van der Waals surface area contributed by atoms with Gasteiger partial charge in [0.05, 0.1) is 0 Å². The second kappa shape index (κ2) is 8.39. The Labute approximate surface area is 115 Å². The molecule has 2 rings (SSSR count). The molecular formula is C16H23NS. The molecule has 98 valence electrons. The third kappa shape index (κ3) is 5.28. The van der Waals surface area contributed by atoms with Crippen LogP contribution in [-0.2, 0) is 5.75 Å². The van der Waals surface area contributed by atoms with Crippen LogP contribution in [0.5, 0.6) is 0 Å². The van der Waals surface area contributed by atoms with Crippen LogP contribution < -0.4 is 5.32 Å². The van der Waals surface area contributed by atoms with E-state index in [0.29, 0.717) is 0 Å². The van der Waals surface area contributed by atoms with E-state index in [2.05, 4.69) is 47.8 Å². The zero-order chi connectivity index (χ0) is 12.5. The monoisotopic (exact) mass is 261 g/mol. The van der Waals surface area contributed by atoms with Gasteiger partial charge in [-0.25, -0.2) is 0 Å². The van der Waals surface area contributed by atoms with Gasteiger partial charge in [-0.2, -0.15) is 11.8 Å². The Balaban J connectivity index is 1.48. The zero-order valence-electron chi connectivity index (χ0n) is 11.0. The van der Waals surface area contributed by atoms with Crippen molar-refractivity contribution in [3.8, 4) is 0 Å². The first-order valence-corrected chi connectivity index (χ1v) is 8.08. The van der Waals surface area contributed by atoms with Gasteiger partial charge in [0.25, 0.3) is 0 Å². The van der Waals surface area contributed by atoms with Crippen molar-refractivity contribution in [1.82, 2.24) is 5.32 Å². The van der Waals surface area contributed by atoms with E-state index < -0.39 is 0 Å². The number of nitrogens with one attached hydrogen (secondary N) is 1. The topological polar surface area (TPSA) is 12.0 Å². The molecular weight excluding hydrogens is 238 g/mol. The van der Waals surface area contributed by atoms with E-state index in [0.717, 1.165) is 18.2 Å². The standard InChI is InChI=1S/C16H23NS/c1-3-7-15(8-4-1)13-17-11-12-18-14-16-9-5-2-6-10-16/h1-3,5-6,9-10,15,17H,4,7-8,11-14H2. The summed E-state index contributed by atoms with van der Waals surface area (Å²) in [4.78, 5) is 0. The van der Waals surface area contributed by atoms with E-state index in [1.165, 1.54) is 37.1 Å². The van der Waals surface area contributed by atoms with E-state index in [-0.39, 0.29) is 0 Å². The molecule has 0 radical (unpaired) electrons. The van der Waals surface area contributed by atoms with Gasteiger partial charge in [-0.3, -0.25) is 0 Å². The summed E-state index contributed by atoms with van der Waals surface area (Å²) >= 11 is 2.02. The van der Waals surface area contributed by atoms with Crippen LogP contribution in [0, 0.1) is 5.92 Å². The first-order chi connectivity index (χ1) is 8.95. The number of allylic oxidation sites excluding steroid dienone is 2. The SMILES string of the molecule is C1=CCC(CNCCSCc2ccccc2)CC1. The number of hydrogen-bond acceptors (Lipinski definition) is 2. The van der Waals surface area contributed by atoms with E-state index in [4.69, 9.17) is 0 Å².